The minimum atomic E-state index is -0.220. The summed E-state index contributed by atoms with van der Waals surface area (Å²) in [4.78, 5) is 13.5. The van der Waals surface area contributed by atoms with Gasteiger partial charge >= 0.3 is 0 Å². The number of anilines is 1. The lowest BCUT2D eigenvalue weighted by Gasteiger charge is -2.26. The molecule has 1 aromatic heterocycles. The number of rotatable bonds is 5. The quantitative estimate of drug-likeness (QED) is 0.866. The first-order valence-corrected chi connectivity index (χ1v) is 6.35. The molecule has 1 heterocycles. The maximum Gasteiger partial charge on any atom is 0.280 e. The van der Waals surface area contributed by atoms with Crippen molar-refractivity contribution in [3.63, 3.8) is 0 Å². The van der Waals surface area contributed by atoms with E-state index in [2.05, 4.69) is 50.2 Å². The van der Waals surface area contributed by atoms with Gasteiger partial charge in [-0.15, -0.1) is 0 Å². The number of nitrogens with one attached hydrogen (secondary N) is 2. The van der Waals surface area contributed by atoms with Crippen LogP contribution in [0.4, 0.5) is 5.69 Å². The van der Waals surface area contributed by atoms with Crippen LogP contribution in [-0.4, -0.2) is 41.8 Å². The Morgan fingerprint density at radius 2 is 2.18 bits per heavy atom. The minimum absolute atomic E-state index is 0.220. The summed E-state index contributed by atoms with van der Waals surface area (Å²) in [5, 5.41) is 9.52. The largest absolute Gasteiger partial charge is 0.378 e. The fourth-order valence-electron chi connectivity index (χ4n) is 1.50. The van der Waals surface area contributed by atoms with Gasteiger partial charge in [0.25, 0.3) is 5.56 Å². The highest BCUT2D eigenvalue weighted by molar-refractivity contribution is 9.10. The molecule has 0 spiro atoms. The Bertz CT molecular complexity index is 416. The van der Waals surface area contributed by atoms with Crippen molar-refractivity contribution in [3.8, 4) is 0 Å². The van der Waals surface area contributed by atoms with Gasteiger partial charge in [0.05, 0.1) is 11.9 Å². The van der Waals surface area contributed by atoms with E-state index in [4.69, 9.17) is 0 Å². The van der Waals surface area contributed by atoms with E-state index in [1.807, 2.05) is 14.1 Å². The highest BCUT2D eigenvalue weighted by Crippen LogP contribution is 2.18. The number of H-pyrrole nitrogens is 1. The lowest BCUT2D eigenvalue weighted by atomic mass is 10.0. The highest BCUT2D eigenvalue weighted by atomic mass is 79.9. The molecule has 6 heteroatoms. The second kappa shape index (κ2) is 6.16. The van der Waals surface area contributed by atoms with Crippen molar-refractivity contribution in [3.05, 3.63) is 21.0 Å². The Balaban J connectivity index is 2.86. The zero-order valence-corrected chi connectivity index (χ0v) is 12.2. The summed E-state index contributed by atoms with van der Waals surface area (Å²) >= 11 is 3.26. The summed E-state index contributed by atoms with van der Waals surface area (Å²) in [6.45, 7) is 5.20. The van der Waals surface area contributed by atoms with E-state index in [0.717, 1.165) is 12.2 Å². The average molecular weight is 303 g/mol. The molecule has 1 atom stereocenters. The van der Waals surface area contributed by atoms with Crippen molar-refractivity contribution in [1.29, 1.82) is 0 Å². The second-order valence-corrected chi connectivity index (χ2v) is 5.48. The van der Waals surface area contributed by atoms with Gasteiger partial charge in [0, 0.05) is 12.6 Å². The van der Waals surface area contributed by atoms with Gasteiger partial charge in [0.15, 0.2) is 0 Å². The molecular weight excluding hydrogens is 284 g/mol. The average Bonchev–Trinajstić information content (AvgIpc) is 2.22. The van der Waals surface area contributed by atoms with E-state index < -0.39 is 0 Å². The zero-order chi connectivity index (χ0) is 13.0. The topological polar surface area (TPSA) is 61.0 Å². The van der Waals surface area contributed by atoms with E-state index in [-0.39, 0.29) is 11.6 Å². The molecule has 5 nitrogen and oxygen atoms in total. The molecule has 0 radical (unpaired) electrons. The normalized spacial score (nSPS) is 13.1. The van der Waals surface area contributed by atoms with Crippen LogP contribution in [0.25, 0.3) is 0 Å². The Hall–Kier alpha value is -0.880. The summed E-state index contributed by atoms with van der Waals surface area (Å²) in [6, 6.07) is 0.268. The lowest BCUT2D eigenvalue weighted by molar-refractivity contribution is 0.344. The van der Waals surface area contributed by atoms with Crippen molar-refractivity contribution < 1.29 is 0 Å². The molecule has 17 heavy (non-hydrogen) atoms. The summed E-state index contributed by atoms with van der Waals surface area (Å²) < 4.78 is 0.497. The zero-order valence-electron chi connectivity index (χ0n) is 10.6. The number of hydrogen-bond acceptors (Lipinski definition) is 4. The molecule has 0 bridgehead atoms. The number of likely N-dealkylation sites (N-methyl/N-ethyl adjacent to an activating group) is 1. The number of halogens is 1. The van der Waals surface area contributed by atoms with Crippen molar-refractivity contribution in [2.45, 2.75) is 19.9 Å². The van der Waals surface area contributed by atoms with Gasteiger partial charge in [-0.2, -0.15) is 5.10 Å². The third kappa shape index (κ3) is 4.12. The van der Waals surface area contributed by atoms with Crippen LogP contribution in [0, 0.1) is 5.92 Å². The van der Waals surface area contributed by atoms with E-state index in [9.17, 15) is 4.79 Å². The first-order valence-electron chi connectivity index (χ1n) is 5.56. The number of aromatic nitrogens is 2. The van der Waals surface area contributed by atoms with Crippen LogP contribution in [0.2, 0.25) is 0 Å². The van der Waals surface area contributed by atoms with E-state index in [0.29, 0.717) is 10.4 Å². The molecule has 0 saturated heterocycles. The van der Waals surface area contributed by atoms with Crippen LogP contribution in [0.5, 0.6) is 0 Å². The molecule has 0 aliphatic rings. The molecule has 1 aromatic rings. The molecule has 0 saturated carbocycles. The fraction of sp³-hybridized carbons (Fsp3) is 0.636. The summed E-state index contributed by atoms with van der Waals surface area (Å²) in [5.74, 6) is 0.462. The van der Waals surface area contributed by atoms with Crippen LogP contribution in [0.1, 0.15) is 13.8 Å². The summed E-state index contributed by atoms with van der Waals surface area (Å²) in [5.41, 5.74) is 0.511. The van der Waals surface area contributed by atoms with E-state index in [1.165, 1.54) is 0 Å². The Kier molecular flexibility index (Phi) is 5.14. The van der Waals surface area contributed by atoms with Crippen molar-refractivity contribution in [2.24, 2.45) is 5.92 Å². The van der Waals surface area contributed by atoms with Gasteiger partial charge in [0.1, 0.15) is 4.47 Å². The number of hydrogen-bond donors (Lipinski definition) is 2. The van der Waals surface area contributed by atoms with Crippen LogP contribution in [-0.2, 0) is 0 Å². The van der Waals surface area contributed by atoms with Crippen molar-refractivity contribution in [1.82, 2.24) is 15.1 Å². The first kappa shape index (κ1) is 14.2. The Labute approximate surface area is 110 Å². The lowest BCUT2D eigenvalue weighted by Crippen LogP contribution is -2.37. The van der Waals surface area contributed by atoms with Gasteiger partial charge in [-0.3, -0.25) is 4.79 Å². The fourth-order valence-corrected chi connectivity index (χ4v) is 1.81. The minimum Gasteiger partial charge on any atom is -0.378 e. The Morgan fingerprint density at radius 3 is 2.71 bits per heavy atom. The van der Waals surface area contributed by atoms with Gasteiger partial charge in [-0.1, -0.05) is 13.8 Å². The summed E-state index contributed by atoms with van der Waals surface area (Å²) in [6.07, 6.45) is 1.62. The van der Waals surface area contributed by atoms with Gasteiger partial charge in [-0.25, -0.2) is 5.10 Å². The molecule has 2 N–H and O–H groups in total. The predicted octanol–water partition coefficient (Wildman–Crippen LogP) is 1.53. The third-order valence-electron chi connectivity index (χ3n) is 2.50. The molecule has 0 aliphatic heterocycles. The molecule has 1 rings (SSSR count). The standard InChI is InChI=1S/C11H19BrN4O/c1-7(2)9(6-16(3)4)14-8-5-13-15-11(17)10(8)12/h5,7,9H,6H2,1-4H3,(H2,14,15,17). The highest BCUT2D eigenvalue weighted by Gasteiger charge is 2.16. The molecule has 96 valence electrons. The first-order chi connectivity index (χ1) is 7.91. The van der Waals surface area contributed by atoms with Gasteiger partial charge in [-0.05, 0) is 35.9 Å². The van der Waals surface area contributed by atoms with Crippen molar-refractivity contribution >= 4 is 21.6 Å². The molecular formula is C11H19BrN4O. The van der Waals surface area contributed by atoms with Crippen LogP contribution in [0.15, 0.2) is 15.5 Å². The van der Waals surface area contributed by atoms with E-state index >= 15 is 0 Å². The second-order valence-electron chi connectivity index (χ2n) is 4.68. The smallest absolute Gasteiger partial charge is 0.280 e. The third-order valence-corrected chi connectivity index (χ3v) is 3.29. The molecule has 0 fully saturated rings. The summed E-state index contributed by atoms with van der Waals surface area (Å²) in [7, 11) is 4.06. The molecule has 0 amide bonds. The monoisotopic (exact) mass is 302 g/mol. The molecule has 0 aliphatic carbocycles. The molecule has 1 unspecified atom stereocenters. The van der Waals surface area contributed by atoms with Crippen molar-refractivity contribution in [2.75, 3.05) is 26.0 Å². The van der Waals surface area contributed by atoms with Gasteiger partial charge < -0.3 is 10.2 Å². The van der Waals surface area contributed by atoms with Crippen LogP contribution < -0.4 is 10.9 Å². The van der Waals surface area contributed by atoms with Crippen LogP contribution in [0.3, 0.4) is 0 Å². The van der Waals surface area contributed by atoms with Crippen LogP contribution >= 0.6 is 15.9 Å². The Morgan fingerprint density at radius 1 is 1.53 bits per heavy atom. The maximum atomic E-state index is 11.4. The predicted molar refractivity (Wildman–Crippen MR) is 73.4 cm³/mol. The SMILES string of the molecule is CC(C)C(CN(C)C)Nc1cn[nH]c(=O)c1Br. The number of nitrogens with zero attached hydrogens (tertiary/aromatic N) is 2. The van der Waals surface area contributed by atoms with Gasteiger partial charge in [0.2, 0.25) is 0 Å². The van der Waals surface area contributed by atoms with E-state index in [1.54, 1.807) is 6.20 Å². The number of aromatic amines is 1. The molecule has 0 aromatic carbocycles. The maximum absolute atomic E-state index is 11.4.